The predicted octanol–water partition coefficient (Wildman–Crippen LogP) is 5.33. The van der Waals surface area contributed by atoms with Gasteiger partial charge in [0.2, 0.25) is 0 Å². The van der Waals surface area contributed by atoms with Crippen LogP contribution in [-0.4, -0.2) is 10.8 Å². The summed E-state index contributed by atoms with van der Waals surface area (Å²) in [5.74, 6) is -0.219. The van der Waals surface area contributed by atoms with Gasteiger partial charge >= 0.3 is 0 Å². The van der Waals surface area contributed by atoms with Gasteiger partial charge in [-0.15, -0.1) is 0 Å². The van der Waals surface area contributed by atoms with Crippen LogP contribution in [0, 0.1) is 12.7 Å². The number of hydrogen-bond donors (Lipinski definition) is 0. The third-order valence-corrected chi connectivity index (χ3v) is 3.62. The minimum atomic E-state index is -0.219. The van der Waals surface area contributed by atoms with Gasteiger partial charge in [-0.1, -0.05) is 11.6 Å². The Labute approximate surface area is 133 Å². The summed E-state index contributed by atoms with van der Waals surface area (Å²) in [6.07, 6.45) is 3.72. The number of aromatic nitrogens is 1. The zero-order chi connectivity index (χ0) is 15.5. The first-order valence-corrected chi connectivity index (χ1v) is 7.25. The second kappa shape index (κ2) is 6.16. The summed E-state index contributed by atoms with van der Waals surface area (Å²) in [5, 5.41) is 0.702. The third-order valence-electron chi connectivity index (χ3n) is 3.37. The molecule has 0 N–H and O–H groups in total. The van der Waals surface area contributed by atoms with Crippen molar-refractivity contribution in [2.75, 3.05) is 0 Å². The minimum absolute atomic E-state index is 0.219. The van der Waals surface area contributed by atoms with E-state index in [9.17, 15) is 4.39 Å². The number of aryl methyl sites for hydroxylation is 1. The Morgan fingerprint density at radius 2 is 1.86 bits per heavy atom. The summed E-state index contributed by atoms with van der Waals surface area (Å²) in [6, 6.07) is 16.3. The van der Waals surface area contributed by atoms with Gasteiger partial charge < -0.3 is 4.57 Å². The molecule has 0 saturated carbocycles. The monoisotopic (exact) mass is 312 g/mol. The first-order valence-electron chi connectivity index (χ1n) is 6.87. The molecule has 0 unspecified atom stereocenters. The SMILES string of the molecule is Cc1cc(N=Cc2cccn2-c2ccc(Cl)cc2)ccc1F. The van der Waals surface area contributed by atoms with Crippen LogP contribution in [0.5, 0.6) is 0 Å². The van der Waals surface area contributed by atoms with E-state index in [4.69, 9.17) is 11.6 Å². The summed E-state index contributed by atoms with van der Waals surface area (Å²) in [4.78, 5) is 4.42. The van der Waals surface area contributed by atoms with Crippen molar-refractivity contribution >= 4 is 23.5 Å². The number of benzene rings is 2. The maximum atomic E-state index is 13.3. The second-order valence-electron chi connectivity index (χ2n) is 4.97. The molecular formula is C18H14ClFN2. The van der Waals surface area contributed by atoms with Crippen LogP contribution in [0.1, 0.15) is 11.3 Å². The molecule has 0 aliphatic rings. The molecule has 0 bridgehead atoms. The Morgan fingerprint density at radius 3 is 2.59 bits per heavy atom. The molecule has 2 nitrogen and oxygen atoms in total. The molecule has 0 amide bonds. The van der Waals surface area contributed by atoms with Crippen molar-refractivity contribution < 1.29 is 4.39 Å². The smallest absolute Gasteiger partial charge is 0.126 e. The van der Waals surface area contributed by atoms with Crippen molar-refractivity contribution in [2.24, 2.45) is 4.99 Å². The summed E-state index contributed by atoms with van der Waals surface area (Å²) >= 11 is 5.92. The van der Waals surface area contributed by atoms with Crippen LogP contribution in [0.3, 0.4) is 0 Å². The van der Waals surface area contributed by atoms with Crippen molar-refractivity contribution in [1.82, 2.24) is 4.57 Å². The van der Waals surface area contributed by atoms with Crippen molar-refractivity contribution in [3.8, 4) is 5.69 Å². The van der Waals surface area contributed by atoms with E-state index >= 15 is 0 Å². The van der Waals surface area contributed by atoms with Gasteiger partial charge in [-0.3, -0.25) is 4.99 Å². The van der Waals surface area contributed by atoms with E-state index in [0.29, 0.717) is 10.6 Å². The molecule has 1 aromatic heterocycles. The molecule has 0 saturated heterocycles. The number of hydrogen-bond acceptors (Lipinski definition) is 1. The van der Waals surface area contributed by atoms with E-state index in [1.54, 1.807) is 25.3 Å². The van der Waals surface area contributed by atoms with Crippen molar-refractivity contribution in [3.63, 3.8) is 0 Å². The van der Waals surface area contributed by atoms with Crippen LogP contribution in [0.15, 0.2) is 65.8 Å². The van der Waals surface area contributed by atoms with Crippen molar-refractivity contribution in [3.05, 3.63) is 82.9 Å². The van der Waals surface area contributed by atoms with Gasteiger partial charge in [0.25, 0.3) is 0 Å². The Morgan fingerprint density at radius 1 is 1.09 bits per heavy atom. The fourth-order valence-electron chi connectivity index (χ4n) is 2.19. The topological polar surface area (TPSA) is 17.3 Å². The molecule has 1 heterocycles. The Bertz CT molecular complexity index is 819. The van der Waals surface area contributed by atoms with Gasteiger partial charge in [0.15, 0.2) is 0 Å². The molecule has 22 heavy (non-hydrogen) atoms. The molecule has 0 aliphatic carbocycles. The molecule has 0 atom stereocenters. The predicted molar refractivity (Wildman–Crippen MR) is 89.2 cm³/mol. The number of rotatable bonds is 3. The van der Waals surface area contributed by atoms with Crippen LogP contribution in [0.25, 0.3) is 5.69 Å². The van der Waals surface area contributed by atoms with Gasteiger partial charge in [-0.05, 0) is 67.1 Å². The normalized spacial score (nSPS) is 11.2. The van der Waals surface area contributed by atoms with E-state index in [-0.39, 0.29) is 5.82 Å². The van der Waals surface area contributed by atoms with Gasteiger partial charge in [0.05, 0.1) is 17.6 Å². The maximum absolute atomic E-state index is 13.3. The highest BCUT2D eigenvalue weighted by Gasteiger charge is 2.02. The van der Waals surface area contributed by atoms with Crippen LogP contribution in [0.2, 0.25) is 5.02 Å². The largest absolute Gasteiger partial charge is 0.316 e. The van der Waals surface area contributed by atoms with E-state index in [1.807, 2.05) is 47.2 Å². The standard InChI is InChI=1S/C18H14ClFN2/c1-13-11-15(6-9-18(13)20)21-12-17-3-2-10-22(17)16-7-4-14(19)5-8-16/h2-12H,1H3. The molecule has 3 rings (SSSR count). The summed E-state index contributed by atoms with van der Waals surface area (Å²) < 4.78 is 15.3. The minimum Gasteiger partial charge on any atom is -0.316 e. The van der Waals surface area contributed by atoms with Crippen LogP contribution in [0.4, 0.5) is 10.1 Å². The van der Waals surface area contributed by atoms with Crippen LogP contribution in [-0.2, 0) is 0 Å². The fourth-order valence-corrected chi connectivity index (χ4v) is 2.31. The summed E-state index contributed by atoms with van der Waals surface area (Å²) in [5.41, 5.74) is 3.25. The van der Waals surface area contributed by atoms with E-state index in [0.717, 1.165) is 17.1 Å². The lowest BCUT2D eigenvalue weighted by Gasteiger charge is -2.06. The highest BCUT2D eigenvalue weighted by molar-refractivity contribution is 6.30. The first kappa shape index (κ1) is 14.5. The van der Waals surface area contributed by atoms with Crippen molar-refractivity contribution in [1.29, 1.82) is 0 Å². The molecule has 4 heteroatoms. The number of halogens is 2. The highest BCUT2D eigenvalue weighted by atomic mass is 35.5. The second-order valence-corrected chi connectivity index (χ2v) is 5.41. The Hall–Kier alpha value is -2.39. The average molecular weight is 313 g/mol. The molecule has 0 fully saturated rings. The molecule has 2 aromatic carbocycles. The summed E-state index contributed by atoms with van der Waals surface area (Å²) in [7, 11) is 0. The van der Waals surface area contributed by atoms with Gasteiger partial charge in [-0.2, -0.15) is 0 Å². The lowest BCUT2D eigenvalue weighted by molar-refractivity contribution is 0.618. The van der Waals surface area contributed by atoms with Gasteiger partial charge in [0, 0.05) is 16.9 Å². The van der Waals surface area contributed by atoms with Crippen LogP contribution < -0.4 is 0 Å². The highest BCUT2D eigenvalue weighted by Crippen LogP contribution is 2.18. The average Bonchev–Trinajstić information content (AvgIpc) is 2.98. The van der Waals surface area contributed by atoms with E-state index in [2.05, 4.69) is 4.99 Å². The molecule has 0 spiro atoms. The zero-order valence-electron chi connectivity index (χ0n) is 12.0. The van der Waals surface area contributed by atoms with E-state index < -0.39 is 0 Å². The molecule has 3 aromatic rings. The summed E-state index contributed by atoms with van der Waals surface area (Å²) in [6.45, 7) is 1.73. The van der Waals surface area contributed by atoms with Crippen LogP contribution >= 0.6 is 11.6 Å². The quantitative estimate of drug-likeness (QED) is 0.582. The molecular weight excluding hydrogens is 299 g/mol. The lowest BCUT2D eigenvalue weighted by Crippen LogP contribution is -1.97. The van der Waals surface area contributed by atoms with Crippen molar-refractivity contribution in [2.45, 2.75) is 6.92 Å². The number of aliphatic imine (C=N–C) groups is 1. The van der Waals surface area contributed by atoms with Gasteiger partial charge in [-0.25, -0.2) is 4.39 Å². The molecule has 0 radical (unpaired) electrons. The maximum Gasteiger partial charge on any atom is 0.126 e. The van der Waals surface area contributed by atoms with E-state index in [1.165, 1.54) is 6.07 Å². The zero-order valence-corrected chi connectivity index (χ0v) is 12.8. The lowest BCUT2D eigenvalue weighted by atomic mass is 10.2. The third kappa shape index (κ3) is 3.10. The Kier molecular flexibility index (Phi) is 4.07. The number of nitrogens with zero attached hydrogens (tertiary/aromatic N) is 2. The molecule has 110 valence electrons. The first-order chi connectivity index (χ1) is 10.6. The molecule has 0 aliphatic heterocycles. The Balaban J connectivity index is 1.90. The van der Waals surface area contributed by atoms with Gasteiger partial charge in [0.1, 0.15) is 5.82 Å². The fraction of sp³-hybridized carbons (Fsp3) is 0.0556.